The van der Waals surface area contributed by atoms with Crippen LogP contribution in [-0.2, 0) is 17.8 Å². The zero-order chi connectivity index (χ0) is 13.7. The van der Waals surface area contributed by atoms with Crippen LogP contribution in [0.15, 0.2) is 24.3 Å². The third kappa shape index (κ3) is 3.78. The standard InChI is InChI=1S/C15H22N2O2/c1-11(5-4-8-18)17-15(19)14-9-12-6-2-3-7-13(12)10-16-14/h2-3,6-7,11,14,16,18H,4-5,8-10H2,1H3,(H,17,19)/t11?,14-/m0/s1. The number of carbonyl (C=O) groups is 1. The number of hydrogen-bond acceptors (Lipinski definition) is 3. The Balaban J connectivity index is 1.88. The number of hydrogen-bond donors (Lipinski definition) is 3. The number of aliphatic hydroxyl groups excluding tert-OH is 1. The summed E-state index contributed by atoms with van der Waals surface area (Å²) < 4.78 is 0. The third-order valence-corrected chi connectivity index (χ3v) is 3.58. The molecule has 0 saturated heterocycles. The molecule has 2 atom stereocenters. The van der Waals surface area contributed by atoms with Crippen molar-refractivity contribution in [2.24, 2.45) is 0 Å². The van der Waals surface area contributed by atoms with E-state index in [1.165, 1.54) is 11.1 Å². The molecule has 0 saturated carbocycles. The number of rotatable bonds is 5. The van der Waals surface area contributed by atoms with Crippen LogP contribution >= 0.6 is 0 Å². The molecule has 0 bridgehead atoms. The molecule has 2 rings (SSSR count). The lowest BCUT2D eigenvalue weighted by Crippen LogP contribution is -2.49. The van der Waals surface area contributed by atoms with Gasteiger partial charge in [0, 0.05) is 19.2 Å². The average Bonchev–Trinajstić information content (AvgIpc) is 2.44. The van der Waals surface area contributed by atoms with Crippen molar-refractivity contribution in [3.05, 3.63) is 35.4 Å². The van der Waals surface area contributed by atoms with Crippen molar-refractivity contribution in [3.8, 4) is 0 Å². The highest BCUT2D eigenvalue weighted by atomic mass is 16.3. The van der Waals surface area contributed by atoms with Crippen LogP contribution in [-0.4, -0.2) is 29.7 Å². The van der Waals surface area contributed by atoms with E-state index in [0.29, 0.717) is 0 Å². The molecule has 0 spiro atoms. The lowest BCUT2D eigenvalue weighted by atomic mass is 9.95. The molecule has 0 aliphatic carbocycles. The van der Waals surface area contributed by atoms with Gasteiger partial charge in [-0.15, -0.1) is 0 Å². The number of benzene rings is 1. The Morgan fingerprint density at radius 2 is 2.21 bits per heavy atom. The minimum Gasteiger partial charge on any atom is -0.396 e. The predicted molar refractivity (Wildman–Crippen MR) is 74.7 cm³/mol. The molecule has 4 heteroatoms. The summed E-state index contributed by atoms with van der Waals surface area (Å²) in [4.78, 5) is 12.1. The van der Waals surface area contributed by atoms with Gasteiger partial charge in [-0.05, 0) is 37.3 Å². The van der Waals surface area contributed by atoms with Gasteiger partial charge in [-0.1, -0.05) is 24.3 Å². The maximum Gasteiger partial charge on any atom is 0.237 e. The summed E-state index contributed by atoms with van der Waals surface area (Å²) in [6, 6.07) is 8.19. The van der Waals surface area contributed by atoms with Crippen molar-refractivity contribution in [1.82, 2.24) is 10.6 Å². The quantitative estimate of drug-likeness (QED) is 0.741. The topological polar surface area (TPSA) is 61.4 Å². The summed E-state index contributed by atoms with van der Waals surface area (Å²) in [5, 5.41) is 15.1. The van der Waals surface area contributed by atoms with E-state index in [0.717, 1.165) is 25.8 Å². The number of nitrogens with one attached hydrogen (secondary N) is 2. The van der Waals surface area contributed by atoms with Crippen LogP contribution in [0.1, 0.15) is 30.9 Å². The van der Waals surface area contributed by atoms with Gasteiger partial charge in [0.1, 0.15) is 0 Å². The highest BCUT2D eigenvalue weighted by Crippen LogP contribution is 2.16. The minimum atomic E-state index is -0.147. The molecule has 1 aliphatic heterocycles. The first kappa shape index (κ1) is 14.0. The molecule has 1 amide bonds. The molecular weight excluding hydrogens is 240 g/mol. The lowest BCUT2D eigenvalue weighted by Gasteiger charge is -2.26. The van der Waals surface area contributed by atoms with Gasteiger partial charge in [0.05, 0.1) is 6.04 Å². The SMILES string of the molecule is CC(CCCO)NC(=O)[C@@H]1Cc2ccccc2CN1. The first-order valence-corrected chi connectivity index (χ1v) is 6.92. The van der Waals surface area contributed by atoms with E-state index in [-0.39, 0.29) is 24.6 Å². The van der Waals surface area contributed by atoms with Gasteiger partial charge >= 0.3 is 0 Å². The molecule has 19 heavy (non-hydrogen) atoms. The van der Waals surface area contributed by atoms with Gasteiger partial charge in [0.15, 0.2) is 0 Å². The fraction of sp³-hybridized carbons (Fsp3) is 0.533. The highest BCUT2D eigenvalue weighted by molar-refractivity contribution is 5.82. The number of carbonyl (C=O) groups excluding carboxylic acids is 1. The van der Waals surface area contributed by atoms with Crippen molar-refractivity contribution in [1.29, 1.82) is 0 Å². The number of aliphatic hydroxyl groups is 1. The molecule has 1 aromatic carbocycles. The molecule has 1 aromatic rings. The molecule has 0 radical (unpaired) electrons. The molecule has 3 N–H and O–H groups in total. The Bertz CT molecular complexity index is 434. The fourth-order valence-electron chi connectivity index (χ4n) is 2.45. The Morgan fingerprint density at radius 3 is 2.95 bits per heavy atom. The fourth-order valence-corrected chi connectivity index (χ4v) is 2.45. The van der Waals surface area contributed by atoms with Crippen molar-refractivity contribution >= 4 is 5.91 Å². The second-order valence-corrected chi connectivity index (χ2v) is 5.18. The van der Waals surface area contributed by atoms with Gasteiger partial charge in [-0.25, -0.2) is 0 Å². The molecule has 1 aliphatic rings. The van der Waals surface area contributed by atoms with Crippen LogP contribution in [0.25, 0.3) is 0 Å². The predicted octanol–water partition coefficient (Wildman–Crippen LogP) is 0.978. The van der Waals surface area contributed by atoms with E-state index < -0.39 is 0 Å². The average molecular weight is 262 g/mol. The van der Waals surface area contributed by atoms with E-state index in [1.807, 2.05) is 19.1 Å². The van der Waals surface area contributed by atoms with Crippen molar-refractivity contribution in [2.75, 3.05) is 6.61 Å². The first-order chi connectivity index (χ1) is 9.20. The smallest absolute Gasteiger partial charge is 0.237 e. The van der Waals surface area contributed by atoms with Crippen LogP contribution < -0.4 is 10.6 Å². The minimum absolute atomic E-state index is 0.0555. The molecule has 1 unspecified atom stereocenters. The Kier molecular flexibility index (Phi) is 4.93. The Labute approximate surface area is 114 Å². The van der Waals surface area contributed by atoms with Gasteiger partial charge in [-0.3, -0.25) is 4.79 Å². The Hall–Kier alpha value is -1.39. The van der Waals surface area contributed by atoms with Crippen molar-refractivity contribution < 1.29 is 9.90 Å². The Morgan fingerprint density at radius 1 is 1.47 bits per heavy atom. The van der Waals surface area contributed by atoms with Gasteiger partial charge in [0.2, 0.25) is 5.91 Å². The summed E-state index contributed by atoms with van der Waals surface area (Å²) in [5.41, 5.74) is 2.53. The molecular formula is C15H22N2O2. The van der Waals surface area contributed by atoms with Crippen LogP contribution in [0.5, 0.6) is 0 Å². The lowest BCUT2D eigenvalue weighted by molar-refractivity contribution is -0.124. The molecule has 0 fully saturated rings. The van der Waals surface area contributed by atoms with E-state index in [4.69, 9.17) is 5.11 Å². The van der Waals surface area contributed by atoms with E-state index in [2.05, 4.69) is 22.8 Å². The normalized spacial score (nSPS) is 19.6. The molecule has 0 aromatic heterocycles. The zero-order valence-electron chi connectivity index (χ0n) is 11.4. The van der Waals surface area contributed by atoms with Gasteiger partial charge in [0.25, 0.3) is 0 Å². The van der Waals surface area contributed by atoms with Gasteiger partial charge < -0.3 is 15.7 Å². The third-order valence-electron chi connectivity index (χ3n) is 3.58. The molecule has 1 heterocycles. The number of fused-ring (bicyclic) bond motifs is 1. The maximum atomic E-state index is 12.1. The molecule has 104 valence electrons. The summed E-state index contributed by atoms with van der Waals surface area (Å²) in [6.07, 6.45) is 2.28. The number of amides is 1. The van der Waals surface area contributed by atoms with Crippen molar-refractivity contribution in [3.63, 3.8) is 0 Å². The van der Waals surface area contributed by atoms with Crippen LogP contribution in [0.2, 0.25) is 0 Å². The van der Waals surface area contributed by atoms with Gasteiger partial charge in [-0.2, -0.15) is 0 Å². The maximum absolute atomic E-state index is 12.1. The van der Waals surface area contributed by atoms with Crippen LogP contribution in [0.4, 0.5) is 0 Å². The largest absolute Gasteiger partial charge is 0.396 e. The summed E-state index contributed by atoms with van der Waals surface area (Å²) in [6.45, 7) is 2.90. The van der Waals surface area contributed by atoms with Crippen LogP contribution in [0, 0.1) is 0 Å². The summed E-state index contributed by atoms with van der Waals surface area (Å²) >= 11 is 0. The summed E-state index contributed by atoms with van der Waals surface area (Å²) in [7, 11) is 0. The molecule has 4 nitrogen and oxygen atoms in total. The van der Waals surface area contributed by atoms with E-state index in [9.17, 15) is 4.79 Å². The summed E-state index contributed by atoms with van der Waals surface area (Å²) in [5.74, 6) is 0.0555. The monoisotopic (exact) mass is 262 g/mol. The first-order valence-electron chi connectivity index (χ1n) is 6.92. The van der Waals surface area contributed by atoms with E-state index >= 15 is 0 Å². The van der Waals surface area contributed by atoms with Crippen LogP contribution in [0.3, 0.4) is 0 Å². The van der Waals surface area contributed by atoms with Crippen molar-refractivity contribution in [2.45, 2.75) is 44.8 Å². The zero-order valence-corrected chi connectivity index (χ0v) is 11.4. The second-order valence-electron chi connectivity index (χ2n) is 5.18. The second kappa shape index (κ2) is 6.68. The highest BCUT2D eigenvalue weighted by Gasteiger charge is 2.24. The van der Waals surface area contributed by atoms with E-state index in [1.54, 1.807) is 0 Å².